The topological polar surface area (TPSA) is 81.2 Å². The monoisotopic (exact) mass is 1180 g/mol. The van der Waals surface area contributed by atoms with Crippen LogP contribution in [-0.2, 0) is 36.2 Å². The fraction of sp³-hybridized carbons (Fsp3) is 0.0759. The summed E-state index contributed by atoms with van der Waals surface area (Å²) >= 11 is 2.06. The van der Waals surface area contributed by atoms with Crippen molar-refractivity contribution in [2.75, 3.05) is 9.80 Å². The van der Waals surface area contributed by atoms with Crippen LogP contribution in [0.25, 0.3) is 46.6 Å². The van der Waals surface area contributed by atoms with Crippen molar-refractivity contribution in [3.8, 4) is 0 Å². The van der Waals surface area contributed by atoms with E-state index in [0.29, 0.717) is 70.2 Å². The number of imide groups is 2. The zero-order chi connectivity index (χ0) is 60.3. The van der Waals surface area contributed by atoms with Gasteiger partial charge in [-0.2, -0.15) is 0 Å². The van der Waals surface area contributed by atoms with Crippen molar-refractivity contribution in [2.24, 2.45) is 0 Å². The Morgan fingerprint density at radius 1 is 0.273 bits per heavy atom. The molecule has 4 amide bonds. The molecule has 3 aliphatic rings. The van der Waals surface area contributed by atoms with Crippen molar-refractivity contribution >= 4 is 110 Å². The van der Waals surface area contributed by atoms with Gasteiger partial charge in [-0.1, -0.05) is 231 Å². The summed E-state index contributed by atoms with van der Waals surface area (Å²) in [6.07, 6.45) is 9.78. The standard InChI is InChI=1S/C78H60N4O4.CH2.V/c83-75-71(59-39-35-57(36-40-59)33-31-55-19-7-1-8-20-55)73(61-43-47-67(48-44-61)79(63-23-11-3-12-24-63)64-25-13-4-14-26-64)77(85)81(75)69-51-53-70(54-52-69)82-76(84)72(60-41-37-58(38-42-60)34-32-56-21-9-2-10-22-56)74(78(82)86)62-45-49-68(50-46-62)80(65-27-15-5-16-28-65)66-29-17-6-18-30-66;;/h1-50,69-70H,51-54H2;1H2;/b33-31+,34-32+;;. The summed E-state index contributed by atoms with van der Waals surface area (Å²) in [5.74, 6) is -1.44. The predicted molar refractivity (Wildman–Crippen MR) is 356 cm³/mol. The van der Waals surface area contributed by atoms with Crippen molar-refractivity contribution in [3.63, 3.8) is 0 Å². The number of nitrogens with zero attached hydrogens (tertiary/aromatic N) is 4. The van der Waals surface area contributed by atoms with Crippen LogP contribution in [0.1, 0.15) is 70.2 Å². The number of para-hydroxylation sites is 4. The van der Waals surface area contributed by atoms with Gasteiger partial charge >= 0.3 is 22.2 Å². The van der Waals surface area contributed by atoms with Crippen LogP contribution in [0.15, 0.2) is 279 Å². The summed E-state index contributed by atoms with van der Waals surface area (Å²) in [5, 5.41) is 3.19. The molecule has 0 radical (unpaired) electrons. The number of anilines is 6. The molecule has 0 aromatic heterocycles. The second kappa shape index (κ2) is 26.8. The SMILES string of the molecule is O=C1C(c2ccc(/C=C/c3ccccc3)cc2)=C(c2ccc(N(c3ccccc3)c3ccccc3)cc2)C(=O)N1C1CCC(N2C(=O)C(c3ccc(/C=C/c4ccccc4)cc3)=C(c3ccc(N(c4ccccc4)c4ccccc4)cc3)C2=O)CC1.[CH2]=[V]. The van der Waals surface area contributed by atoms with E-state index in [4.69, 9.17) is 0 Å². The molecule has 88 heavy (non-hydrogen) atoms. The molecule has 0 saturated heterocycles. The van der Waals surface area contributed by atoms with E-state index < -0.39 is 12.1 Å². The van der Waals surface area contributed by atoms with Crippen LogP contribution in [0.2, 0.25) is 0 Å². The molecule has 9 heteroatoms. The van der Waals surface area contributed by atoms with Gasteiger partial charge in [-0.3, -0.25) is 29.0 Å². The first-order valence-electron chi connectivity index (χ1n) is 29.6. The third-order valence-electron chi connectivity index (χ3n) is 16.4. The van der Waals surface area contributed by atoms with E-state index in [1.807, 2.05) is 255 Å². The number of benzene rings is 10. The van der Waals surface area contributed by atoms with E-state index in [0.717, 1.165) is 56.4 Å². The molecular weight excluding hydrogens is 1120 g/mol. The second-order valence-corrected chi connectivity index (χ2v) is 21.8. The Morgan fingerprint density at radius 2 is 0.466 bits per heavy atom. The molecule has 2 heterocycles. The number of hydrogen-bond acceptors (Lipinski definition) is 6. The minimum absolute atomic E-state index is 0.342. The van der Waals surface area contributed by atoms with Gasteiger partial charge < -0.3 is 9.80 Å². The average molecular weight is 1180 g/mol. The maximum absolute atomic E-state index is 15.3. The Kier molecular flexibility index (Phi) is 17.6. The van der Waals surface area contributed by atoms with E-state index in [-0.39, 0.29) is 23.6 Å². The van der Waals surface area contributed by atoms with Crippen LogP contribution in [0.3, 0.4) is 0 Å². The minimum atomic E-state index is -0.473. The van der Waals surface area contributed by atoms with E-state index in [9.17, 15) is 0 Å². The number of hydrogen-bond donors (Lipinski definition) is 0. The van der Waals surface area contributed by atoms with Crippen LogP contribution in [0, 0.1) is 0 Å². The molecule has 0 bridgehead atoms. The Hall–Kier alpha value is -10.5. The normalized spacial score (nSPS) is 15.9. The van der Waals surface area contributed by atoms with Gasteiger partial charge in [0.05, 0.1) is 22.3 Å². The first-order chi connectivity index (χ1) is 43.3. The van der Waals surface area contributed by atoms with Gasteiger partial charge in [-0.05, 0) is 143 Å². The molecule has 0 spiro atoms. The summed E-state index contributed by atoms with van der Waals surface area (Å²) in [7, 11) is 0. The Bertz CT molecular complexity index is 3870. The van der Waals surface area contributed by atoms with Crippen LogP contribution in [0.5, 0.6) is 0 Å². The molecule has 1 saturated carbocycles. The van der Waals surface area contributed by atoms with E-state index in [2.05, 4.69) is 80.5 Å². The second-order valence-electron chi connectivity index (χ2n) is 21.8. The fourth-order valence-electron chi connectivity index (χ4n) is 12.2. The van der Waals surface area contributed by atoms with Crippen LogP contribution in [-0.4, -0.2) is 50.7 Å². The maximum atomic E-state index is 15.3. The van der Waals surface area contributed by atoms with Crippen molar-refractivity contribution in [1.82, 2.24) is 9.80 Å². The third-order valence-corrected chi connectivity index (χ3v) is 16.4. The predicted octanol–water partition coefficient (Wildman–Crippen LogP) is 17.5. The van der Waals surface area contributed by atoms with Gasteiger partial charge in [-0.15, -0.1) is 0 Å². The Labute approximate surface area is 523 Å². The van der Waals surface area contributed by atoms with Crippen molar-refractivity contribution in [2.45, 2.75) is 37.8 Å². The van der Waals surface area contributed by atoms with Crippen LogP contribution in [0.4, 0.5) is 34.1 Å². The summed E-state index contributed by atoms with van der Waals surface area (Å²) < 4.78 is 0. The molecule has 13 rings (SSSR count). The number of carbonyl (C=O) groups excluding carboxylic acids is 4. The van der Waals surface area contributed by atoms with Gasteiger partial charge in [0, 0.05) is 46.2 Å². The van der Waals surface area contributed by atoms with Gasteiger partial charge in [0.25, 0.3) is 23.6 Å². The molecule has 427 valence electrons. The van der Waals surface area contributed by atoms with Crippen molar-refractivity contribution < 1.29 is 36.2 Å². The first kappa shape index (κ1) is 57.9. The number of rotatable bonds is 16. The van der Waals surface area contributed by atoms with Crippen LogP contribution < -0.4 is 9.80 Å². The molecule has 0 atom stereocenters. The third kappa shape index (κ3) is 12.2. The van der Waals surface area contributed by atoms with Crippen molar-refractivity contribution in [3.05, 3.63) is 324 Å². The quantitative estimate of drug-likeness (QED) is 0.0708. The molecule has 10 aromatic carbocycles. The molecule has 1 fully saturated rings. The van der Waals surface area contributed by atoms with E-state index in [1.165, 1.54) is 9.80 Å². The van der Waals surface area contributed by atoms with E-state index >= 15 is 19.2 Å². The van der Waals surface area contributed by atoms with Gasteiger partial charge in [0.15, 0.2) is 0 Å². The molecule has 2 aliphatic heterocycles. The number of carbonyl (C=O) groups is 4. The Morgan fingerprint density at radius 3 is 0.705 bits per heavy atom. The summed E-state index contributed by atoms with van der Waals surface area (Å²) in [6, 6.07) is 91.1. The first-order valence-corrected chi connectivity index (χ1v) is 30.6. The summed E-state index contributed by atoms with van der Waals surface area (Å²) in [5.41, 5.74) is 13.7. The molecular formula is C79H62N4O4V. The summed E-state index contributed by atoms with van der Waals surface area (Å²) in [4.78, 5) is 68.3. The van der Waals surface area contributed by atoms with Crippen molar-refractivity contribution in [1.29, 1.82) is 0 Å². The van der Waals surface area contributed by atoms with Gasteiger partial charge in [0.2, 0.25) is 0 Å². The zero-order valence-corrected chi connectivity index (χ0v) is 49.8. The molecule has 0 unspecified atom stereocenters. The van der Waals surface area contributed by atoms with Gasteiger partial charge in [0.1, 0.15) is 0 Å². The number of amides is 4. The van der Waals surface area contributed by atoms with Gasteiger partial charge in [-0.25, -0.2) is 0 Å². The molecule has 0 N–H and O–H groups in total. The molecule has 8 nitrogen and oxygen atoms in total. The molecule has 10 aromatic rings. The average Bonchev–Trinajstić information content (AvgIpc) is 1.81. The van der Waals surface area contributed by atoms with E-state index in [1.54, 1.807) is 0 Å². The summed E-state index contributed by atoms with van der Waals surface area (Å²) in [6.45, 7) is 0. The fourth-order valence-corrected chi connectivity index (χ4v) is 12.2. The van der Waals surface area contributed by atoms with Crippen LogP contribution >= 0.6 is 0 Å². The Balaban J connectivity index is 0.00000373. The zero-order valence-electron chi connectivity index (χ0n) is 48.4. The molecule has 1 aliphatic carbocycles.